The fourth-order valence-electron chi connectivity index (χ4n) is 3.15. The summed E-state index contributed by atoms with van der Waals surface area (Å²) in [5.41, 5.74) is 0. The zero-order valence-electron chi connectivity index (χ0n) is 13.6. The molecule has 0 amide bonds. The molecule has 120 valence electrons. The van der Waals surface area contributed by atoms with Crippen molar-refractivity contribution in [3.63, 3.8) is 0 Å². The van der Waals surface area contributed by atoms with Crippen LogP contribution in [-0.4, -0.2) is 24.4 Å². The molecule has 1 aliphatic rings. The van der Waals surface area contributed by atoms with Crippen molar-refractivity contribution >= 4 is 0 Å². The van der Waals surface area contributed by atoms with Crippen molar-refractivity contribution in [2.24, 2.45) is 5.92 Å². The third kappa shape index (κ3) is 8.97. The predicted octanol–water partition coefficient (Wildman–Crippen LogP) is 5.08. The van der Waals surface area contributed by atoms with E-state index in [-0.39, 0.29) is 6.10 Å². The zero-order chi connectivity index (χ0) is 14.5. The van der Waals surface area contributed by atoms with Gasteiger partial charge in [-0.2, -0.15) is 0 Å². The zero-order valence-corrected chi connectivity index (χ0v) is 13.6. The fraction of sp³-hybridized carbons (Fsp3) is 1.00. The van der Waals surface area contributed by atoms with E-state index in [4.69, 9.17) is 4.74 Å². The van der Waals surface area contributed by atoms with Crippen molar-refractivity contribution in [1.29, 1.82) is 0 Å². The molecule has 0 aliphatic carbocycles. The monoisotopic (exact) mass is 284 g/mol. The predicted molar refractivity (Wildman–Crippen MR) is 86.0 cm³/mol. The Morgan fingerprint density at radius 2 is 1.55 bits per heavy atom. The van der Waals surface area contributed by atoms with Crippen LogP contribution in [0.15, 0.2) is 0 Å². The molecular formula is C18H36O2. The average molecular weight is 284 g/mol. The molecule has 2 unspecified atom stereocenters. The molecule has 2 atom stereocenters. The first-order valence-corrected chi connectivity index (χ1v) is 9.10. The van der Waals surface area contributed by atoms with E-state index in [1.807, 2.05) is 0 Å². The standard InChI is InChI=1S/C18H36O2/c1-2-3-4-5-6-7-8-9-10-11-14-18(19)17-13-12-15-20-16-17/h17-19H,2-16H2,1H3. The molecule has 0 radical (unpaired) electrons. The molecule has 1 heterocycles. The Morgan fingerprint density at radius 1 is 0.950 bits per heavy atom. The maximum absolute atomic E-state index is 10.1. The fourth-order valence-corrected chi connectivity index (χ4v) is 3.15. The van der Waals surface area contributed by atoms with Crippen LogP contribution in [0.5, 0.6) is 0 Å². The van der Waals surface area contributed by atoms with Crippen molar-refractivity contribution in [2.45, 2.75) is 96.5 Å². The van der Waals surface area contributed by atoms with Crippen LogP contribution in [0.4, 0.5) is 0 Å². The average Bonchev–Trinajstić information content (AvgIpc) is 2.50. The van der Waals surface area contributed by atoms with Gasteiger partial charge in [-0.3, -0.25) is 0 Å². The summed E-state index contributed by atoms with van der Waals surface area (Å²) in [4.78, 5) is 0. The minimum Gasteiger partial charge on any atom is -0.393 e. The molecular weight excluding hydrogens is 248 g/mol. The number of unbranched alkanes of at least 4 members (excludes halogenated alkanes) is 9. The Bertz CT molecular complexity index is 200. The van der Waals surface area contributed by atoms with Crippen LogP contribution in [0.2, 0.25) is 0 Å². The maximum atomic E-state index is 10.1. The molecule has 0 saturated carbocycles. The van der Waals surface area contributed by atoms with Gasteiger partial charge in [-0.15, -0.1) is 0 Å². The van der Waals surface area contributed by atoms with Gasteiger partial charge in [-0.05, 0) is 19.3 Å². The van der Waals surface area contributed by atoms with Crippen LogP contribution < -0.4 is 0 Å². The summed E-state index contributed by atoms with van der Waals surface area (Å²) in [7, 11) is 0. The highest BCUT2D eigenvalue weighted by Gasteiger charge is 2.21. The van der Waals surface area contributed by atoms with Crippen LogP contribution in [0.3, 0.4) is 0 Å². The highest BCUT2D eigenvalue weighted by atomic mass is 16.5. The van der Waals surface area contributed by atoms with Gasteiger partial charge in [0.15, 0.2) is 0 Å². The summed E-state index contributed by atoms with van der Waals surface area (Å²) >= 11 is 0. The molecule has 0 spiro atoms. The van der Waals surface area contributed by atoms with Gasteiger partial charge < -0.3 is 9.84 Å². The lowest BCUT2D eigenvalue weighted by Crippen LogP contribution is -2.28. The van der Waals surface area contributed by atoms with Crippen molar-refractivity contribution in [1.82, 2.24) is 0 Å². The first kappa shape index (κ1) is 18.0. The van der Waals surface area contributed by atoms with E-state index in [0.29, 0.717) is 5.92 Å². The summed E-state index contributed by atoms with van der Waals surface area (Å²) in [6.45, 7) is 3.94. The smallest absolute Gasteiger partial charge is 0.0590 e. The normalized spacial score (nSPS) is 21.0. The van der Waals surface area contributed by atoms with Crippen LogP contribution >= 0.6 is 0 Å². The van der Waals surface area contributed by atoms with Crippen LogP contribution in [0.25, 0.3) is 0 Å². The molecule has 1 aliphatic heterocycles. The highest BCUT2D eigenvalue weighted by molar-refractivity contribution is 4.71. The second kappa shape index (κ2) is 12.6. The molecule has 2 heteroatoms. The minimum atomic E-state index is -0.121. The van der Waals surface area contributed by atoms with Gasteiger partial charge in [0.1, 0.15) is 0 Å². The number of rotatable bonds is 12. The first-order valence-electron chi connectivity index (χ1n) is 9.10. The molecule has 1 N–H and O–H groups in total. The third-order valence-electron chi connectivity index (χ3n) is 4.59. The first-order chi connectivity index (χ1) is 9.84. The summed E-state index contributed by atoms with van der Waals surface area (Å²) in [5.74, 6) is 0.405. The lowest BCUT2D eigenvalue weighted by Gasteiger charge is -2.26. The second-order valence-corrected chi connectivity index (χ2v) is 6.52. The van der Waals surface area contributed by atoms with Crippen LogP contribution in [-0.2, 0) is 4.74 Å². The molecule has 0 bridgehead atoms. The number of aliphatic hydroxyl groups excluding tert-OH is 1. The van der Waals surface area contributed by atoms with Gasteiger partial charge in [0.2, 0.25) is 0 Å². The van der Waals surface area contributed by atoms with Crippen molar-refractivity contribution in [3.05, 3.63) is 0 Å². The molecule has 1 saturated heterocycles. The van der Waals surface area contributed by atoms with Crippen molar-refractivity contribution < 1.29 is 9.84 Å². The van der Waals surface area contributed by atoms with Gasteiger partial charge in [0.25, 0.3) is 0 Å². The molecule has 1 fully saturated rings. The Hall–Kier alpha value is -0.0800. The highest BCUT2D eigenvalue weighted by Crippen LogP contribution is 2.21. The molecule has 2 nitrogen and oxygen atoms in total. The van der Waals surface area contributed by atoms with Crippen molar-refractivity contribution in [2.75, 3.05) is 13.2 Å². The third-order valence-corrected chi connectivity index (χ3v) is 4.59. The Balaban J connectivity index is 1.82. The number of aliphatic hydroxyl groups is 1. The molecule has 0 aromatic heterocycles. The lowest BCUT2D eigenvalue weighted by atomic mass is 9.92. The topological polar surface area (TPSA) is 29.5 Å². The Morgan fingerprint density at radius 3 is 2.10 bits per heavy atom. The van der Waals surface area contributed by atoms with Crippen molar-refractivity contribution in [3.8, 4) is 0 Å². The van der Waals surface area contributed by atoms with E-state index >= 15 is 0 Å². The number of hydrogen-bond donors (Lipinski definition) is 1. The molecule has 0 aromatic rings. The Kier molecular flexibility index (Phi) is 11.4. The van der Waals surface area contributed by atoms with Gasteiger partial charge >= 0.3 is 0 Å². The van der Waals surface area contributed by atoms with E-state index in [9.17, 15) is 5.11 Å². The van der Waals surface area contributed by atoms with Gasteiger partial charge in [0.05, 0.1) is 12.7 Å². The SMILES string of the molecule is CCCCCCCCCCCCC(O)C1CCCOC1. The summed E-state index contributed by atoms with van der Waals surface area (Å²) in [6.07, 6.45) is 16.8. The van der Waals surface area contributed by atoms with E-state index in [1.54, 1.807) is 0 Å². The van der Waals surface area contributed by atoms with E-state index < -0.39 is 0 Å². The summed E-state index contributed by atoms with van der Waals surface area (Å²) in [5, 5.41) is 10.1. The summed E-state index contributed by atoms with van der Waals surface area (Å²) in [6, 6.07) is 0. The maximum Gasteiger partial charge on any atom is 0.0590 e. The largest absolute Gasteiger partial charge is 0.393 e. The van der Waals surface area contributed by atoms with Gasteiger partial charge in [-0.25, -0.2) is 0 Å². The number of hydrogen-bond acceptors (Lipinski definition) is 2. The molecule has 20 heavy (non-hydrogen) atoms. The van der Waals surface area contributed by atoms with Gasteiger partial charge in [-0.1, -0.05) is 71.1 Å². The molecule has 0 aromatic carbocycles. The molecule has 1 rings (SSSR count). The second-order valence-electron chi connectivity index (χ2n) is 6.52. The van der Waals surface area contributed by atoms with Crippen LogP contribution in [0.1, 0.15) is 90.4 Å². The Labute approximate surface area is 126 Å². The van der Waals surface area contributed by atoms with Gasteiger partial charge in [0, 0.05) is 12.5 Å². The van der Waals surface area contributed by atoms with Crippen LogP contribution in [0, 0.1) is 5.92 Å². The van der Waals surface area contributed by atoms with E-state index in [1.165, 1.54) is 64.2 Å². The quantitative estimate of drug-likeness (QED) is 0.506. The van der Waals surface area contributed by atoms with E-state index in [0.717, 1.165) is 32.5 Å². The number of ether oxygens (including phenoxy) is 1. The van der Waals surface area contributed by atoms with E-state index in [2.05, 4.69) is 6.92 Å². The summed E-state index contributed by atoms with van der Waals surface area (Å²) < 4.78 is 5.44. The lowest BCUT2D eigenvalue weighted by molar-refractivity contribution is -0.0126. The minimum absolute atomic E-state index is 0.121.